The summed E-state index contributed by atoms with van der Waals surface area (Å²) in [6.07, 6.45) is 0.524. The second kappa shape index (κ2) is 3.50. The van der Waals surface area contributed by atoms with Gasteiger partial charge in [0, 0.05) is 10.6 Å². The predicted molar refractivity (Wildman–Crippen MR) is 51.6 cm³/mol. The lowest BCUT2D eigenvalue weighted by molar-refractivity contribution is 0.426. The molecular formula is C10H12OS. The van der Waals surface area contributed by atoms with Crippen molar-refractivity contribution in [1.29, 1.82) is 0 Å². The molecule has 1 saturated heterocycles. The molecule has 0 spiro atoms. The van der Waals surface area contributed by atoms with Gasteiger partial charge in [0.05, 0.1) is 12.7 Å². The van der Waals surface area contributed by atoms with Crippen molar-refractivity contribution in [2.45, 2.75) is 17.9 Å². The van der Waals surface area contributed by atoms with Gasteiger partial charge in [-0.05, 0) is 19.1 Å². The number of rotatable bonds is 3. The summed E-state index contributed by atoms with van der Waals surface area (Å²) in [6.45, 7) is 3.08. The monoisotopic (exact) mass is 180 g/mol. The van der Waals surface area contributed by atoms with Crippen molar-refractivity contribution in [2.75, 3.05) is 12.4 Å². The van der Waals surface area contributed by atoms with E-state index in [0.29, 0.717) is 6.10 Å². The molecule has 1 fully saturated rings. The van der Waals surface area contributed by atoms with Crippen LogP contribution in [0.25, 0.3) is 0 Å². The Hall–Kier alpha value is -0.470. The predicted octanol–water partition coefficient (Wildman–Crippen LogP) is 2.49. The fourth-order valence-electron chi connectivity index (χ4n) is 1.06. The Kier molecular flexibility index (Phi) is 2.38. The molecule has 2 heteroatoms. The van der Waals surface area contributed by atoms with Crippen LogP contribution < -0.4 is 0 Å². The molecule has 1 atom stereocenters. The molecule has 0 bridgehead atoms. The van der Waals surface area contributed by atoms with Crippen molar-refractivity contribution < 1.29 is 4.74 Å². The second-order valence-corrected chi connectivity index (χ2v) is 4.18. The fourth-order valence-corrected chi connectivity index (χ4v) is 2.07. The molecule has 0 N–H and O–H groups in total. The molecular weight excluding hydrogens is 168 g/mol. The molecule has 0 amide bonds. The summed E-state index contributed by atoms with van der Waals surface area (Å²) in [4.78, 5) is 1.35. The van der Waals surface area contributed by atoms with Gasteiger partial charge >= 0.3 is 0 Å². The molecule has 12 heavy (non-hydrogen) atoms. The summed E-state index contributed by atoms with van der Waals surface area (Å²) < 4.78 is 5.14. The highest BCUT2D eigenvalue weighted by Crippen LogP contribution is 2.24. The van der Waals surface area contributed by atoms with Gasteiger partial charge < -0.3 is 4.74 Å². The maximum absolute atomic E-state index is 5.14. The lowest BCUT2D eigenvalue weighted by Crippen LogP contribution is -1.88. The zero-order chi connectivity index (χ0) is 8.39. The minimum Gasteiger partial charge on any atom is -0.372 e. The summed E-state index contributed by atoms with van der Waals surface area (Å²) in [5.74, 6) is 1.10. The van der Waals surface area contributed by atoms with Crippen LogP contribution in [-0.2, 0) is 4.74 Å². The Labute approximate surface area is 77.1 Å². The first-order chi connectivity index (χ1) is 5.84. The smallest absolute Gasteiger partial charge is 0.0903 e. The molecule has 0 aliphatic carbocycles. The van der Waals surface area contributed by atoms with E-state index in [1.54, 1.807) is 0 Å². The van der Waals surface area contributed by atoms with E-state index in [-0.39, 0.29) is 0 Å². The average molecular weight is 180 g/mol. The number of epoxide rings is 1. The lowest BCUT2D eigenvalue weighted by Gasteiger charge is -1.99. The highest BCUT2D eigenvalue weighted by Gasteiger charge is 2.21. The minimum absolute atomic E-state index is 0.524. The largest absolute Gasteiger partial charge is 0.372 e. The number of hydrogen-bond acceptors (Lipinski definition) is 2. The number of thioether (sulfide) groups is 1. The Morgan fingerprint density at radius 2 is 2.42 bits per heavy atom. The lowest BCUT2D eigenvalue weighted by atomic mass is 10.2. The molecule has 2 rings (SSSR count). The van der Waals surface area contributed by atoms with Crippen LogP contribution in [0.5, 0.6) is 0 Å². The van der Waals surface area contributed by atoms with Gasteiger partial charge in [-0.25, -0.2) is 0 Å². The summed E-state index contributed by atoms with van der Waals surface area (Å²) >= 11 is 1.88. The van der Waals surface area contributed by atoms with Crippen LogP contribution in [0.4, 0.5) is 0 Å². The molecule has 0 saturated carbocycles. The van der Waals surface area contributed by atoms with Gasteiger partial charge in [0.2, 0.25) is 0 Å². The van der Waals surface area contributed by atoms with E-state index in [0.717, 1.165) is 12.4 Å². The normalized spacial score (nSPS) is 20.9. The number of hydrogen-bond donors (Lipinski definition) is 0. The third kappa shape index (κ3) is 2.26. The van der Waals surface area contributed by atoms with E-state index in [9.17, 15) is 0 Å². The third-order valence-corrected chi connectivity index (χ3v) is 2.95. The van der Waals surface area contributed by atoms with Crippen LogP contribution >= 0.6 is 11.8 Å². The van der Waals surface area contributed by atoms with Crippen LogP contribution in [0, 0.1) is 6.92 Å². The van der Waals surface area contributed by atoms with E-state index in [1.165, 1.54) is 10.5 Å². The highest BCUT2D eigenvalue weighted by molar-refractivity contribution is 7.99. The summed E-state index contributed by atoms with van der Waals surface area (Å²) in [5.41, 5.74) is 1.33. The molecule has 0 unspecified atom stereocenters. The van der Waals surface area contributed by atoms with Crippen molar-refractivity contribution in [3.05, 3.63) is 29.8 Å². The molecule has 1 aliphatic heterocycles. The zero-order valence-electron chi connectivity index (χ0n) is 7.12. The maximum Gasteiger partial charge on any atom is 0.0903 e. The molecule has 1 aliphatic rings. The van der Waals surface area contributed by atoms with Gasteiger partial charge in [0.25, 0.3) is 0 Å². The summed E-state index contributed by atoms with van der Waals surface area (Å²) in [5, 5.41) is 0. The van der Waals surface area contributed by atoms with Gasteiger partial charge in [-0.1, -0.05) is 17.7 Å². The number of aryl methyl sites for hydroxylation is 1. The van der Waals surface area contributed by atoms with Crippen molar-refractivity contribution in [3.8, 4) is 0 Å². The fraction of sp³-hybridized carbons (Fsp3) is 0.400. The molecule has 0 aromatic heterocycles. The van der Waals surface area contributed by atoms with Gasteiger partial charge in [0.1, 0.15) is 0 Å². The third-order valence-electron chi connectivity index (χ3n) is 1.83. The Balaban J connectivity index is 1.92. The molecule has 1 heterocycles. The van der Waals surface area contributed by atoms with E-state index < -0.39 is 0 Å². The van der Waals surface area contributed by atoms with E-state index in [1.807, 2.05) is 11.8 Å². The molecule has 1 nitrogen and oxygen atoms in total. The molecule has 1 aromatic carbocycles. The minimum atomic E-state index is 0.524. The van der Waals surface area contributed by atoms with E-state index in [4.69, 9.17) is 4.74 Å². The topological polar surface area (TPSA) is 12.5 Å². The van der Waals surface area contributed by atoms with Crippen LogP contribution in [0.15, 0.2) is 29.2 Å². The van der Waals surface area contributed by atoms with Crippen molar-refractivity contribution in [3.63, 3.8) is 0 Å². The number of benzene rings is 1. The zero-order valence-corrected chi connectivity index (χ0v) is 7.93. The van der Waals surface area contributed by atoms with Crippen LogP contribution in [0.1, 0.15) is 5.56 Å². The van der Waals surface area contributed by atoms with Crippen molar-refractivity contribution >= 4 is 11.8 Å². The molecule has 64 valence electrons. The first-order valence-electron chi connectivity index (χ1n) is 4.16. The maximum atomic E-state index is 5.14. The standard InChI is InChI=1S/C10H12OS/c1-8-3-2-4-10(5-8)12-7-9-6-11-9/h2-5,9H,6-7H2,1H3/t9-/m0/s1. The van der Waals surface area contributed by atoms with Gasteiger partial charge in [-0.2, -0.15) is 0 Å². The molecule has 0 radical (unpaired) electrons. The van der Waals surface area contributed by atoms with Gasteiger partial charge in [-0.15, -0.1) is 11.8 Å². The van der Waals surface area contributed by atoms with Crippen molar-refractivity contribution in [2.24, 2.45) is 0 Å². The highest BCUT2D eigenvalue weighted by atomic mass is 32.2. The van der Waals surface area contributed by atoms with E-state index >= 15 is 0 Å². The SMILES string of the molecule is Cc1cccc(SC[C@@H]2CO2)c1. The first-order valence-corrected chi connectivity index (χ1v) is 5.14. The average Bonchev–Trinajstić information content (AvgIpc) is 2.84. The summed E-state index contributed by atoms with van der Waals surface area (Å²) in [6, 6.07) is 8.59. The van der Waals surface area contributed by atoms with Crippen LogP contribution in [0.3, 0.4) is 0 Å². The number of ether oxygens (including phenoxy) is 1. The Bertz CT molecular complexity index is 268. The van der Waals surface area contributed by atoms with Crippen LogP contribution in [0.2, 0.25) is 0 Å². The van der Waals surface area contributed by atoms with Crippen molar-refractivity contribution in [1.82, 2.24) is 0 Å². The van der Waals surface area contributed by atoms with Gasteiger partial charge in [0.15, 0.2) is 0 Å². The Morgan fingerprint density at radius 1 is 1.58 bits per heavy atom. The first kappa shape index (κ1) is 8.14. The molecule has 1 aromatic rings. The second-order valence-electron chi connectivity index (χ2n) is 3.08. The quantitative estimate of drug-likeness (QED) is 0.523. The summed E-state index contributed by atoms with van der Waals surface area (Å²) in [7, 11) is 0. The van der Waals surface area contributed by atoms with Crippen LogP contribution in [-0.4, -0.2) is 18.5 Å². The van der Waals surface area contributed by atoms with Gasteiger partial charge in [-0.3, -0.25) is 0 Å². The van der Waals surface area contributed by atoms with E-state index in [2.05, 4.69) is 31.2 Å². The Morgan fingerprint density at radius 3 is 3.08 bits per heavy atom.